The standard InChI is InChI=1S/C11H6ClF3N2O/c12-10-6-3-1-2-4-7(6)16-17-8(10)5-9(18)11(13,14)15/h1-4H,5H2. The predicted molar refractivity (Wildman–Crippen MR) is 59.3 cm³/mol. The minimum absolute atomic E-state index is 0.0261. The summed E-state index contributed by atoms with van der Waals surface area (Å²) in [4.78, 5) is 10.9. The Bertz CT molecular complexity index is 613. The summed E-state index contributed by atoms with van der Waals surface area (Å²) in [6, 6.07) is 6.61. The molecule has 3 nitrogen and oxygen atoms in total. The number of halogens is 4. The number of aromatic nitrogens is 2. The van der Waals surface area contributed by atoms with Gasteiger partial charge in [0.2, 0.25) is 5.78 Å². The largest absolute Gasteiger partial charge is 0.450 e. The highest BCUT2D eigenvalue weighted by atomic mass is 35.5. The molecule has 2 rings (SSSR count). The number of carbonyl (C=O) groups excluding carboxylic acids is 1. The molecular formula is C11H6ClF3N2O. The van der Waals surface area contributed by atoms with Crippen LogP contribution in [0.2, 0.25) is 5.02 Å². The molecule has 18 heavy (non-hydrogen) atoms. The first kappa shape index (κ1) is 12.8. The zero-order chi connectivity index (χ0) is 13.3. The number of alkyl halides is 3. The van der Waals surface area contributed by atoms with Crippen LogP contribution in [0, 0.1) is 0 Å². The fourth-order valence-electron chi connectivity index (χ4n) is 1.43. The Kier molecular flexibility index (Phi) is 3.21. The molecule has 0 N–H and O–H groups in total. The zero-order valence-electron chi connectivity index (χ0n) is 8.83. The van der Waals surface area contributed by atoms with Crippen LogP contribution in [0.15, 0.2) is 24.3 Å². The van der Waals surface area contributed by atoms with E-state index >= 15 is 0 Å². The summed E-state index contributed by atoms with van der Waals surface area (Å²) in [5, 5.41) is 7.78. The molecule has 0 radical (unpaired) electrons. The van der Waals surface area contributed by atoms with Crippen LogP contribution in [0.25, 0.3) is 10.9 Å². The Labute approximate surface area is 105 Å². The van der Waals surface area contributed by atoms with E-state index in [0.29, 0.717) is 10.9 Å². The van der Waals surface area contributed by atoms with Crippen LogP contribution in [0.1, 0.15) is 5.69 Å². The zero-order valence-corrected chi connectivity index (χ0v) is 9.59. The van der Waals surface area contributed by atoms with Gasteiger partial charge in [-0.3, -0.25) is 4.79 Å². The normalized spacial score (nSPS) is 11.8. The summed E-state index contributed by atoms with van der Waals surface area (Å²) in [6.07, 6.45) is -5.79. The van der Waals surface area contributed by atoms with Crippen molar-refractivity contribution in [3.05, 3.63) is 35.0 Å². The Morgan fingerprint density at radius 2 is 1.89 bits per heavy atom. The lowest BCUT2D eigenvalue weighted by molar-refractivity contribution is -0.170. The van der Waals surface area contributed by atoms with E-state index in [9.17, 15) is 18.0 Å². The summed E-state index contributed by atoms with van der Waals surface area (Å²) in [5.74, 6) is -1.89. The van der Waals surface area contributed by atoms with Crippen molar-refractivity contribution in [1.82, 2.24) is 10.2 Å². The maximum atomic E-state index is 12.1. The maximum absolute atomic E-state index is 12.1. The topological polar surface area (TPSA) is 42.9 Å². The molecule has 0 aliphatic heterocycles. The van der Waals surface area contributed by atoms with Gasteiger partial charge in [0.05, 0.1) is 22.7 Å². The van der Waals surface area contributed by atoms with Crippen molar-refractivity contribution in [2.24, 2.45) is 0 Å². The predicted octanol–water partition coefficient (Wildman–Crippen LogP) is 2.96. The van der Waals surface area contributed by atoms with Crippen molar-refractivity contribution in [2.45, 2.75) is 12.6 Å². The summed E-state index contributed by atoms with van der Waals surface area (Å²) in [7, 11) is 0. The van der Waals surface area contributed by atoms with E-state index in [-0.39, 0.29) is 10.7 Å². The lowest BCUT2D eigenvalue weighted by atomic mass is 10.1. The number of Topliss-reactive ketones (excluding diaryl/α,β-unsaturated/α-hetero) is 1. The molecule has 2 aromatic rings. The van der Waals surface area contributed by atoms with Gasteiger partial charge in [-0.1, -0.05) is 29.8 Å². The van der Waals surface area contributed by atoms with Gasteiger partial charge in [0.25, 0.3) is 0 Å². The van der Waals surface area contributed by atoms with Crippen molar-refractivity contribution in [2.75, 3.05) is 0 Å². The van der Waals surface area contributed by atoms with E-state index in [1.54, 1.807) is 24.3 Å². The second-order valence-electron chi connectivity index (χ2n) is 3.58. The second-order valence-corrected chi connectivity index (χ2v) is 3.95. The van der Waals surface area contributed by atoms with Gasteiger partial charge in [-0.2, -0.15) is 23.4 Å². The summed E-state index contributed by atoms with van der Waals surface area (Å²) in [5.41, 5.74) is 0.295. The molecule has 0 aliphatic rings. The van der Waals surface area contributed by atoms with E-state index < -0.39 is 18.4 Å². The van der Waals surface area contributed by atoms with E-state index in [1.165, 1.54) is 0 Å². The molecule has 1 aromatic heterocycles. The van der Waals surface area contributed by atoms with Crippen molar-refractivity contribution >= 4 is 28.3 Å². The third-order valence-corrected chi connectivity index (χ3v) is 2.74. The van der Waals surface area contributed by atoms with E-state index in [1.807, 2.05) is 0 Å². The molecule has 0 spiro atoms. The monoisotopic (exact) mass is 274 g/mol. The Morgan fingerprint density at radius 1 is 1.22 bits per heavy atom. The molecule has 94 valence electrons. The quantitative estimate of drug-likeness (QED) is 0.845. The number of rotatable bonds is 2. The Balaban J connectivity index is 2.41. The van der Waals surface area contributed by atoms with E-state index in [4.69, 9.17) is 11.6 Å². The molecule has 7 heteroatoms. The van der Waals surface area contributed by atoms with Gasteiger partial charge >= 0.3 is 6.18 Å². The molecule has 0 unspecified atom stereocenters. The summed E-state index contributed by atoms with van der Waals surface area (Å²) < 4.78 is 36.4. The van der Waals surface area contributed by atoms with Crippen LogP contribution >= 0.6 is 11.6 Å². The van der Waals surface area contributed by atoms with Crippen LogP contribution in [0.4, 0.5) is 13.2 Å². The lowest BCUT2D eigenvalue weighted by Gasteiger charge is -2.07. The highest BCUT2D eigenvalue weighted by Gasteiger charge is 2.38. The van der Waals surface area contributed by atoms with Crippen LogP contribution < -0.4 is 0 Å². The number of hydrogen-bond acceptors (Lipinski definition) is 3. The van der Waals surface area contributed by atoms with Crippen molar-refractivity contribution in [1.29, 1.82) is 0 Å². The smallest absolute Gasteiger partial charge is 0.289 e. The van der Waals surface area contributed by atoms with Crippen LogP contribution in [0.3, 0.4) is 0 Å². The third kappa shape index (κ3) is 2.43. The lowest BCUT2D eigenvalue weighted by Crippen LogP contribution is -2.25. The average molecular weight is 275 g/mol. The molecule has 0 saturated heterocycles. The highest BCUT2D eigenvalue weighted by Crippen LogP contribution is 2.26. The Hall–Kier alpha value is -1.69. The van der Waals surface area contributed by atoms with Crippen molar-refractivity contribution in [3.8, 4) is 0 Å². The van der Waals surface area contributed by atoms with E-state index in [0.717, 1.165) is 0 Å². The van der Waals surface area contributed by atoms with Gasteiger partial charge in [-0.05, 0) is 6.07 Å². The average Bonchev–Trinajstić information content (AvgIpc) is 2.32. The number of benzene rings is 1. The third-order valence-electron chi connectivity index (χ3n) is 2.32. The first-order chi connectivity index (χ1) is 8.39. The minimum Gasteiger partial charge on any atom is -0.289 e. The number of nitrogens with zero attached hydrogens (tertiary/aromatic N) is 2. The molecular weight excluding hydrogens is 269 g/mol. The minimum atomic E-state index is -4.89. The SMILES string of the molecule is O=C(Cc1nnc2ccccc2c1Cl)C(F)(F)F. The van der Waals surface area contributed by atoms with Gasteiger partial charge in [-0.15, -0.1) is 0 Å². The van der Waals surface area contributed by atoms with Crippen LogP contribution in [0.5, 0.6) is 0 Å². The van der Waals surface area contributed by atoms with Crippen LogP contribution in [-0.2, 0) is 11.2 Å². The van der Waals surface area contributed by atoms with Gasteiger partial charge in [0, 0.05) is 5.39 Å². The Morgan fingerprint density at radius 3 is 2.56 bits per heavy atom. The van der Waals surface area contributed by atoms with Crippen LogP contribution in [-0.4, -0.2) is 22.2 Å². The molecule has 1 aromatic carbocycles. The summed E-state index contributed by atoms with van der Waals surface area (Å²) >= 11 is 5.91. The maximum Gasteiger partial charge on any atom is 0.450 e. The number of carbonyl (C=O) groups is 1. The van der Waals surface area contributed by atoms with Crippen molar-refractivity contribution in [3.63, 3.8) is 0 Å². The highest BCUT2D eigenvalue weighted by molar-refractivity contribution is 6.36. The number of fused-ring (bicyclic) bond motifs is 1. The molecule has 0 bridgehead atoms. The molecule has 0 amide bonds. The summed E-state index contributed by atoms with van der Waals surface area (Å²) in [6.45, 7) is 0. The molecule has 0 fully saturated rings. The second kappa shape index (κ2) is 4.53. The molecule has 0 atom stereocenters. The fraction of sp³-hybridized carbons (Fsp3) is 0.182. The molecule has 1 heterocycles. The first-order valence-electron chi connectivity index (χ1n) is 4.89. The van der Waals surface area contributed by atoms with E-state index in [2.05, 4.69) is 10.2 Å². The molecule has 0 saturated carbocycles. The fourth-order valence-corrected chi connectivity index (χ4v) is 1.69. The van der Waals surface area contributed by atoms with Gasteiger partial charge < -0.3 is 0 Å². The van der Waals surface area contributed by atoms with Gasteiger partial charge in [0.1, 0.15) is 0 Å². The van der Waals surface area contributed by atoms with Crippen molar-refractivity contribution < 1.29 is 18.0 Å². The number of hydrogen-bond donors (Lipinski definition) is 0. The molecule has 0 aliphatic carbocycles. The first-order valence-corrected chi connectivity index (χ1v) is 5.27. The van der Waals surface area contributed by atoms with Gasteiger partial charge in [-0.25, -0.2) is 0 Å². The van der Waals surface area contributed by atoms with Gasteiger partial charge in [0.15, 0.2) is 0 Å². The number of ketones is 1.